The number of likely N-dealkylation sites (tertiary alicyclic amines) is 1. The summed E-state index contributed by atoms with van der Waals surface area (Å²) >= 11 is 0. The molecule has 2 heterocycles. The second-order valence-electron chi connectivity index (χ2n) is 4.71. The van der Waals surface area contributed by atoms with Crippen molar-refractivity contribution in [2.45, 2.75) is 19.8 Å². The Balaban J connectivity index is 1.84. The quantitative estimate of drug-likeness (QED) is 0.684. The fourth-order valence-corrected chi connectivity index (χ4v) is 2.14. The fraction of sp³-hybridized carbons (Fsp3) is 0.750. The van der Waals surface area contributed by atoms with Crippen LogP contribution in [0.15, 0.2) is 17.3 Å². The molecule has 0 N–H and O–H groups in total. The molecule has 0 amide bonds. The van der Waals surface area contributed by atoms with Gasteiger partial charge in [0.05, 0.1) is 13.1 Å². The van der Waals surface area contributed by atoms with Gasteiger partial charge in [-0.25, -0.2) is 0 Å². The molecule has 15 heavy (non-hydrogen) atoms. The predicted molar refractivity (Wildman–Crippen MR) is 64.0 cm³/mol. The molecule has 84 valence electrons. The van der Waals surface area contributed by atoms with Crippen LogP contribution in [0.5, 0.6) is 0 Å². The summed E-state index contributed by atoms with van der Waals surface area (Å²) in [7, 11) is 2.08. The standard InChI is InChI=1S/C12H21N3/c1-11-4-8-15(9-5-11)10-12-13-6-3-7-14(12)2/h3,7,11H,4-6,8-10H2,1-2H3. The Morgan fingerprint density at radius 2 is 2.13 bits per heavy atom. The summed E-state index contributed by atoms with van der Waals surface area (Å²) in [6.07, 6.45) is 6.90. The Morgan fingerprint density at radius 1 is 1.40 bits per heavy atom. The van der Waals surface area contributed by atoms with Crippen LogP contribution in [0.3, 0.4) is 0 Å². The fourth-order valence-electron chi connectivity index (χ4n) is 2.14. The molecule has 0 unspecified atom stereocenters. The molecule has 0 spiro atoms. The van der Waals surface area contributed by atoms with Crippen LogP contribution < -0.4 is 0 Å². The highest BCUT2D eigenvalue weighted by Crippen LogP contribution is 2.16. The zero-order valence-electron chi connectivity index (χ0n) is 9.82. The van der Waals surface area contributed by atoms with E-state index in [0.29, 0.717) is 0 Å². The normalized spacial score (nSPS) is 24.4. The number of hydrogen-bond acceptors (Lipinski definition) is 3. The summed E-state index contributed by atoms with van der Waals surface area (Å²) in [6, 6.07) is 0. The summed E-state index contributed by atoms with van der Waals surface area (Å²) in [5.41, 5.74) is 0. The van der Waals surface area contributed by atoms with Crippen molar-refractivity contribution >= 4 is 5.84 Å². The highest BCUT2D eigenvalue weighted by atomic mass is 15.2. The summed E-state index contributed by atoms with van der Waals surface area (Å²) < 4.78 is 0. The van der Waals surface area contributed by atoms with Crippen LogP contribution in [0.25, 0.3) is 0 Å². The van der Waals surface area contributed by atoms with Crippen LogP contribution >= 0.6 is 0 Å². The topological polar surface area (TPSA) is 18.8 Å². The number of hydrogen-bond donors (Lipinski definition) is 0. The van der Waals surface area contributed by atoms with E-state index in [1.54, 1.807) is 0 Å². The molecule has 2 aliphatic rings. The van der Waals surface area contributed by atoms with Crippen molar-refractivity contribution in [3.05, 3.63) is 12.3 Å². The molecule has 3 heteroatoms. The van der Waals surface area contributed by atoms with E-state index in [9.17, 15) is 0 Å². The van der Waals surface area contributed by atoms with E-state index in [1.165, 1.54) is 31.8 Å². The Bertz CT molecular complexity index is 262. The number of aliphatic imine (C=N–C) groups is 1. The Hall–Kier alpha value is -0.830. The average molecular weight is 207 g/mol. The molecule has 0 aliphatic carbocycles. The van der Waals surface area contributed by atoms with Crippen LogP contribution in [-0.4, -0.2) is 48.9 Å². The molecule has 2 rings (SSSR count). The van der Waals surface area contributed by atoms with Crippen molar-refractivity contribution in [1.82, 2.24) is 9.80 Å². The zero-order valence-corrected chi connectivity index (χ0v) is 9.82. The van der Waals surface area contributed by atoms with Crippen LogP contribution in [-0.2, 0) is 0 Å². The molecule has 0 atom stereocenters. The highest BCUT2D eigenvalue weighted by Gasteiger charge is 2.18. The van der Waals surface area contributed by atoms with E-state index >= 15 is 0 Å². The molecule has 3 nitrogen and oxygen atoms in total. The summed E-state index contributed by atoms with van der Waals surface area (Å²) in [6.45, 7) is 6.69. The van der Waals surface area contributed by atoms with Gasteiger partial charge in [0.2, 0.25) is 0 Å². The lowest BCUT2D eigenvalue weighted by Crippen LogP contribution is -2.41. The minimum Gasteiger partial charge on any atom is -0.339 e. The van der Waals surface area contributed by atoms with E-state index < -0.39 is 0 Å². The zero-order chi connectivity index (χ0) is 10.7. The third kappa shape index (κ3) is 2.81. The van der Waals surface area contributed by atoms with Gasteiger partial charge >= 0.3 is 0 Å². The number of rotatable bonds is 2. The van der Waals surface area contributed by atoms with Crippen LogP contribution in [0.2, 0.25) is 0 Å². The van der Waals surface area contributed by atoms with Crippen molar-refractivity contribution in [3.63, 3.8) is 0 Å². The molecule has 0 bridgehead atoms. The van der Waals surface area contributed by atoms with E-state index in [0.717, 1.165) is 19.0 Å². The first-order valence-electron chi connectivity index (χ1n) is 5.91. The molecular formula is C12H21N3. The number of likely N-dealkylation sites (N-methyl/N-ethyl adjacent to an activating group) is 1. The molecule has 1 fully saturated rings. The molecule has 1 saturated heterocycles. The smallest absolute Gasteiger partial charge is 0.117 e. The van der Waals surface area contributed by atoms with Gasteiger partial charge in [0.25, 0.3) is 0 Å². The van der Waals surface area contributed by atoms with Gasteiger partial charge in [0.1, 0.15) is 5.84 Å². The molecule has 0 aromatic heterocycles. The van der Waals surface area contributed by atoms with Gasteiger partial charge in [-0.3, -0.25) is 9.89 Å². The lowest BCUT2D eigenvalue weighted by molar-refractivity contribution is 0.212. The SMILES string of the molecule is CC1CCN(CC2=NCC=CN2C)CC1. The molecule has 0 radical (unpaired) electrons. The monoisotopic (exact) mass is 207 g/mol. The van der Waals surface area contributed by atoms with Gasteiger partial charge in [0.15, 0.2) is 0 Å². The molecule has 0 saturated carbocycles. The lowest BCUT2D eigenvalue weighted by Gasteiger charge is -2.32. The van der Waals surface area contributed by atoms with E-state index in [-0.39, 0.29) is 0 Å². The highest BCUT2D eigenvalue weighted by molar-refractivity contribution is 5.85. The van der Waals surface area contributed by atoms with Gasteiger partial charge in [-0.15, -0.1) is 0 Å². The number of piperidine rings is 1. The lowest BCUT2D eigenvalue weighted by atomic mass is 9.99. The second kappa shape index (κ2) is 4.79. The third-order valence-electron chi connectivity index (χ3n) is 3.36. The van der Waals surface area contributed by atoms with Crippen molar-refractivity contribution in [2.75, 3.05) is 33.2 Å². The number of amidine groups is 1. The molecule has 2 aliphatic heterocycles. The van der Waals surface area contributed by atoms with Crippen molar-refractivity contribution in [2.24, 2.45) is 10.9 Å². The third-order valence-corrected chi connectivity index (χ3v) is 3.36. The van der Waals surface area contributed by atoms with E-state index in [2.05, 4.69) is 41.0 Å². The first-order chi connectivity index (χ1) is 7.25. The van der Waals surface area contributed by atoms with Crippen molar-refractivity contribution in [1.29, 1.82) is 0 Å². The largest absolute Gasteiger partial charge is 0.339 e. The summed E-state index contributed by atoms with van der Waals surface area (Å²) in [5, 5.41) is 0. The first kappa shape index (κ1) is 10.7. The molecular weight excluding hydrogens is 186 g/mol. The van der Waals surface area contributed by atoms with E-state index in [4.69, 9.17) is 0 Å². The van der Waals surface area contributed by atoms with Gasteiger partial charge in [-0.2, -0.15) is 0 Å². The minimum atomic E-state index is 0.851. The van der Waals surface area contributed by atoms with E-state index in [1.807, 2.05) is 0 Å². The Morgan fingerprint density at radius 3 is 2.80 bits per heavy atom. The maximum absolute atomic E-state index is 4.54. The summed E-state index contributed by atoms with van der Waals surface area (Å²) in [4.78, 5) is 9.20. The van der Waals surface area contributed by atoms with Crippen molar-refractivity contribution in [3.8, 4) is 0 Å². The number of nitrogens with zero attached hydrogens (tertiary/aromatic N) is 3. The van der Waals surface area contributed by atoms with Gasteiger partial charge in [-0.05, 0) is 37.9 Å². The minimum absolute atomic E-state index is 0.851. The van der Waals surface area contributed by atoms with Gasteiger partial charge in [-0.1, -0.05) is 6.92 Å². The first-order valence-corrected chi connectivity index (χ1v) is 5.91. The maximum atomic E-state index is 4.54. The van der Waals surface area contributed by atoms with Gasteiger partial charge in [0, 0.05) is 13.2 Å². The second-order valence-corrected chi connectivity index (χ2v) is 4.71. The van der Waals surface area contributed by atoms with Crippen molar-refractivity contribution < 1.29 is 0 Å². The molecule has 0 aromatic carbocycles. The summed E-state index contributed by atoms with van der Waals surface area (Å²) in [5.74, 6) is 2.12. The average Bonchev–Trinajstić information content (AvgIpc) is 2.25. The van der Waals surface area contributed by atoms with Crippen LogP contribution in [0, 0.1) is 5.92 Å². The predicted octanol–water partition coefficient (Wildman–Crippen LogP) is 1.58. The van der Waals surface area contributed by atoms with Crippen LogP contribution in [0.4, 0.5) is 0 Å². The van der Waals surface area contributed by atoms with Gasteiger partial charge < -0.3 is 4.90 Å². The molecule has 0 aromatic rings. The maximum Gasteiger partial charge on any atom is 0.117 e. The van der Waals surface area contributed by atoms with Crippen LogP contribution in [0.1, 0.15) is 19.8 Å². The Labute approximate surface area is 92.5 Å². The Kier molecular flexibility index (Phi) is 3.41.